The smallest absolute Gasteiger partial charge is 0.445 e. The van der Waals surface area contributed by atoms with E-state index in [2.05, 4.69) is 0 Å². The normalized spacial score (nSPS) is 12.7. The maximum absolute atomic E-state index is 14.1. The lowest BCUT2D eigenvalue weighted by molar-refractivity contribution is -0.140. The van der Waals surface area contributed by atoms with Crippen LogP contribution in [0.3, 0.4) is 0 Å². The van der Waals surface area contributed by atoms with Gasteiger partial charge in [-0.25, -0.2) is 4.57 Å². The van der Waals surface area contributed by atoms with Crippen LogP contribution in [0, 0.1) is 13.8 Å². The van der Waals surface area contributed by atoms with Gasteiger partial charge in [-0.1, -0.05) is 42.5 Å². The lowest BCUT2D eigenvalue weighted by Gasteiger charge is -2.27. The van der Waals surface area contributed by atoms with Gasteiger partial charge in [-0.2, -0.15) is 0 Å². The maximum atomic E-state index is 14.1. The van der Waals surface area contributed by atoms with E-state index in [4.69, 9.17) is 13.8 Å². The second-order valence-electron chi connectivity index (χ2n) is 6.94. The summed E-state index contributed by atoms with van der Waals surface area (Å²) in [6.45, 7) is 5.29. The van der Waals surface area contributed by atoms with Gasteiger partial charge in [0.25, 0.3) is 0 Å². The molecule has 0 aliphatic rings. The molecule has 0 fully saturated rings. The summed E-state index contributed by atoms with van der Waals surface area (Å²) in [6, 6.07) is 14.2. The molecule has 1 atom stereocenters. The highest BCUT2D eigenvalue weighted by Gasteiger charge is 2.45. The Kier molecular flexibility index (Phi) is 8.43. The Morgan fingerprint density at radius 2 is 1.50 bits per heavy atom. The molecule has 0 radical (unpaired) electrons. The van der Waals surface area contributed by atoms with Gasteiger partial charge in [0.15, 0.2) is 5.66 Å². The number of hydrogen-bond acceptors (Lipinski definition) is 6. The second kappa shape index (κ2) is 10.8. The first-order chi connectivity index (χ1) is 14.3. The van der Waals surface area contributed by atoms with Crippen molar-refractivity contribution in [1.29, 1.82) is 0 Å². The summed E-state index contributed by atoms with van der Waals surface area (Å²) in [4.78, 5) is 23.5. The minimum Gasteiger partial charge on any atom is -0.468 e. The van der Waals surface area contributed by atoms with Gasteiger partial charge in [-0.3, -0.25) is 9.59 Å². The Morgan fingerprint density at radius 3 is 1.93 bits per heavy atom. The number of carbonyl (C=O) groups excluding carboxylic acids is 2. The highest BCUT2D eigenvalue weighted by molar-refractivity contribution is 7.56. The summed E-state index contributed by atoms with van der Waals surface area (Å²) in [5.74, 6) is 0.0310. The Morgan fingerprint density at radius 1 is 1.00 bits per heavy atom. The van der Waals surface area contributed by atoms with Crippen LogP contribution >= 0.6 is 7.60 Å². The maximum Gasteiger partial charge on any atom is 0.445 e. The van der Waals surface area contributed by atoms with E-state index in [1.165, 1.54) is 7.11 Å². The fourth-order valence-corrected chi connectivity index (χ4v) is 4.87. The molecule has 0 saturated carbocycles. The molecule has 1 unspecified atom stereocenters. The average molecular weight is 430 g/mol. The molecule has 0 amide bonds. The third-order valence-electron chi connectivity index (χ3n) is 4.59. The number of aryl methyl sites for hydroxylation is 2. The minimum absolute atomic E-state index is 0.132. The number of ether oxygens (including phenoxy) is 1. The highest BCUT2D eigenvalue weighted by Crippen LogP contribution is 2.55. The van der Waals surface area contributed by atoms with Crippen molar-refractivity contribution in [2.24, 2.45) is 0 Å². The van der Waals surface area contributed by atoms with Crippen molar-refractivity contribution in [1.82, 2.24) is 0 Å². The SMILES string of the molecule is COC(=O)C(CC/C=C(\C)C=O)P(=O)(Oc1ccccc1C)Oc1ccccc1C. The molecule has 160 valence electrons. The van der Waals surface area contributed by atoms with Crippen molar-refractivity contribution in [3.05, 3.63) is 71.3 Å². The average Bonchev–Trinajstić information content (AvgIpc) is 2.73. The number of esters is 1. The summed E-state index contributed by atoms with van der Waals surface area (Å²) in [7, 11) is -2.83. The standard InChI is InChI=1S/C23H27O6P/c1-17(16-24)10-9-15-22(23(25)27-4)30(26,28-20-13-7-5-11-18(20)2)29-21-14-8-6-12-19(21)3/h5-8,10-14,16,22H,9,15H2,1-4H3/b17-10+. The number of para-hydroxylation sites is 2. The van der Waals surface area contributed by atoms with Crippen LogP contribution in [0.2, 0.25) is 0 Å². The molecule has 2 aromatic carbocycles. The van der Waals surface area contributed by atoms with Gasteiger partial charge in [0, 0.05) is 0 Å². The Labute approximate surface area is 177 Å². The first-order valence-electron chi connectivity index (χ1n) is 9.60. The van der Waals surface area contributed by atoms with Gasteiger partial charge in [-0.05, 0) is 62.4 Å². The fraction of sp³-hybridized carbons (Fsp3) is 0.304. The lowest BCUT2D eigenvalue weighted by atomic mass is 10.2. The third kappa shape index (κ3) is 6.07. The van der Waals surface area contributed by atoms with E-state index in [1.807, 2.05) is 38.1 Å². The third-order valence-corrected chi connectivity index (χ3v) is 6.72. The molecule has 0 heterocycles. The molecule has 30 heavy (non-hydrogen) atoms. The Bertz CT molecular complexity index is 914. The summed E-state index contributed by atoms with van der Waals surface area (Å²) in [5, 5.41) is 0. The van der Waals surface area contributed by atoms with Crippen molar-refractivity contribution in [3.8, 4) is 11.5 Å². The van der Waals surface area contributed by atoms with Crippen LogP contribution in [0.4, 0.5) is 0 Å². The van der Waals surface area contributed by atoms with E-state index in [9.17, 15) is 14.2 Å². The first kappa shape index (κ1) is 23.4. The van der Waals surface area contributed by atoms with Crippen molar-refractivity contribution in [2.45, 2.75) is 39.3 Å². The van der Waals surface area contributed by atoms with E-state index >= 15 is 0 Å². The molecule has 0 bridgehead atoms. The largest absolute Gasteiger partial charge is 0.468 e. The molecule has 6 nitrogen and oxygen atoms in total. The van der Waals surface area contributed by atoms with Gasteiger partial charge in [0.1, 0.15) is 17.8 Å². The number of hydrogen-bond donors (Lipinski definition) is 0. The zero-order valence-electron chi connectivity index (χ0n) is 17.7. The van der Waals surface area contributed by atoms with E-state index in [0.29, 0.717) is 23.5 Å². The van der Waals surface area contributed by atoms with Gasteiger partial charge in [0.05, 0.1) is 7.11 Å². The molecular weight excluding hydrogens is 403 g/mol. The monoisotopic (exact) mass is 430 g/mol. The summed E-state index contributed by atoms with van der Waals surface area (Å²) in [6.07, 6.45) is 2.87. The second-order valence-corrected chi connectivity index (χ2v) is 9.00. The van der Waals surface area contributed by atoms with E-state index < -0.39 is 19.2 Å². The van der Waals surface area contributed by atoms with Crippen LogP contribution in [0.5, 0.6) is 11.5 Å². The van der Waals surface area contributed by atoms with Crippen LogP contribution in [0.1, 0.15) is 30.9 Å². The first-order valence-corrected chi connectivity index (χ1v) is 11.2. The number of rotatable bonds is 10. The van der Waals surface area contributed by atoms with E-state index in [-0.39, 0.29) is 6.42 Å². The molecule has 0 saturated heterocycles. The van der Waals surface area contributed by atoms with Crippen LogP contribution < -0.4 is 9.05 Å². The highest BCUT2D eigenvalue weighted by atomic mass is 31.2. The van der Waals surface area contributed by atoms with Crippen LogP contribution in [-0.4, -0.2) is 25.0 Å². The zero-order chi connectivity index (χ0) is 22.1. The molecular formula is C23H27O6P. The quantitative estimate of drug-likeness (QED) is 0.217. The molecule has 0 aliphatic carbocycles. The van der Waals surface area contributed by atoms with E-state index in [0.717, 1.165) is 17.4 Å². The van der Waals surface area contributed by atoms with Gasteiger partial charge in [0.2, 0.25) is 0 Å². The number of benzene rings is 2. The predicted molar refractivity (Wildman–Crippen MR) is 116 cm³/mol. The number of carbonyl (C=O) groups is 2. The van der Waals surface area contributed by atoms with Crippen LogP contribution in [-0.2, 0) is 18.9 Å². The lowest BCUT2D eigenvalue weighted by Crippen LogP contribution is -2.27. The van der Waals surface area contributed by atoms with Crippen molar-refractivity contribution in [2.75, 3.05) is 7.11 Å². The summed E-state index contributed by atoms with van der Waals surface area (Å²) in [5.41, 5.74) is 0.864. The van der Waals surface area contributed by atoms with Gasteiger partial charge < -0.3 is 13.8 Å². The predicted octanol–water partition coefficient (Wildman–Crippen LogP) is 5.42. The van der Waals surface area contributed by atoms with Crippen molar-refractivity contribution < 1.29 is 27.9 Å². The molecule has 2 rings (SSSR count). The number of methoxy groups -OCH3 is 1. The molecule has 0 spiro atoms. The van der Waals surface area contributed by atoms with Crippen molar-refractivity contribution in [3.63, 3.8) is 0 Å². The summed E-state index contributed by atoms with van der Waals surface area (Å²) < 4.78 is 30.8. The molecule has 2 aromatic rings. The van der Waals surface area contributed by atoms with E-state index in [1.54, 1.807) is 37.3 Å². The Hall–Kier alpha value is -2.85. The minimum atomic E-state index is -4.06. The molecule has 0 N–H and O–H groups in total. The fourth-order valence-electron chi connectivity index (χ4n) is 2.80. The summed E-state index contributed by atoms with van der Waals surface area (Å²) >= 11 is 0. The topological polar surface area (TPSA) is 78.9 Å². The van der Waals surface area contributed by atoms with Crippen molar-refractivity contribution >= 4 is 19.9 Å². The number of allylic oxidation sites excluding steroid dienone is 2. The van der Waals surface area contributed by atoms with Gasteiger partial charge >= 0.3 is 13.6 Å². The van der Waals surface area contributed by atoms with Crippen LogP contribution in [0.15, 0.2) is 60.2 Å². The Balaban J connectivity index is 2.48. The molecule has 0 aromatic heterocycles. The van der Waals surface area contributed by atoms with Crippen LogP contribution in [0.25, 0.3) is 0 Å². The number of aldehydes is 1. The zero-order valence-corrected chi connectivity index (χ0v) is 18.6. The van der Waals surface area contributed by atoms with Gasteiger partial charge in [-0.15, -0.1) is 0 Å². The molecule has 7 heteroatoms. The molecule has 0 aliphatic heterocycles.